The smallest absolute Gasteiger partial charge is 0.266 e. The number of aryl methyl sites for hydroxylation is 1. The number of nitrogens with zero attached hydrogens (tertiary/aromatic N) is 1. The Bertz CT molecular complexity index is 1100. The fourth-order valence-electron chi connectivity index (χ4n) is 5.61. The summed E-state index contributed by atoms with van der Waals surface area (Å²) in [5.41, 5.74) is 2.44. The topological polar surface area (TPSA) is 32.3 Å². The zero-order valence-corrected chi connectivity index (χ0v) is 22.9. The highest BCUT2D eigenvalue weighted by molar-refractivity contribution is 8.26. The van der Waals surface area contributed by atoms with Crippen LogP contribution in [0.1, 0.15) is 55.4 Å². The molecule has 2 bridgehead atoms. The van der Waals surface area contributed by atoms with Crippen molar-refractivity contribution in [1.29, 1.82) is 0 Å². The number of thiophene rings is 1. The molecule has 2 aromatic rings. The van der Waals surface area contributed by atoms with Crippen LogP contribution in [-0.2, 0) is 11.2 Å². The van der Waals surface area contributed by atoms with Gasteiger partial charge in [0, 0.05) is 27.4 Å². The third kappa shape index (κ3) is 5.28. The molecule has 1 saturated heterocycles. The van der Waals surface area contributed by atoms with E-state index in [4.69, 9.17) is 35.6 Å². The number of nitrogens with one attached hydrogen (secondary N) is 1. The minimum Gasteiger partial charge on any atom is -0.289 e. The van der Waals surface area contributed by atoms with Crippen LogP contribution in [0.25, 0.3) is 16.5 Å². The van der Waals surface area contributed by atoms with Crippen molar-refractivity contribution in [3.63, 3.8) is 0 Å². The van der Waals surface area contributed by atoms with E-state index in [0.29, 0.717) is 12.0 Å². The van der Waals surface area contributed by atoms with Crippen LogP contribution in [-0.4, -0.2) is 27.7 Å². The predicted octanol–water partition coefficient (Wildman–Crippen LogP) is 7.91. The molecule has 2 saturated carbocycles. The lowest BCUT2D eigenvalue weighted by Gasteiger charge is -2.30. The fourth-order valence-corrected chi connectivity index (χ4v) is 8.46. The van der Waals surface area contributed by atoms with Gasteiger partial charge in [-0.3, -0.25) is 9.69 Å². The standard InChI is InChI=1S/C26H28Cl2N2OS3/c27-20-9-7-17(8-10-20)22-14-19(4-2-1-3-11-29-28)23(33-22)15-24-25(31)30(26(32)34-24)21-13-16-5-6-18(21)12-16/h7-10,14-16,18,21,29H,1-6,11-13H2/b24-15-. The van der Waals surface area contributed by atoms with Gasteiger partial charge in [-0.25, -0.2) is 4.84 Å². The summed E-state index contributed by atoms with van der Waals surface area (Å²) in [6.45, 7) is 0.819. The Kier molecular flexibility index (Phi) is 8.03. The van der Waals surface area contributed by atoms with Crippen LogP contribution in [0.4, 0.5) is 0 Å². The summed E-state index contributed by atoms with van der Waals surface area (Å²) in [4.78, 5) is 21.2. The Hall–Kier alpha value is -0.890. The van der Waals surface area contributed by atoms with Crippen LogP contribution in [0.3, 0.4) is 0 Å². The summed E-state index contributed by atoms with van der Waals surface area (Å²) in [5, 5.41) is 0.734. The van der Waals surface area contributed by atoms with Gasteiger partial charge in [-0.15, -0.1) is 11.3 Å². The third-order valence-electron chi connectivity index (χ3n) is 7.31. The van der Waals surface area contributed by atoms with Crippen LogP contribution in [0.15, 0.2) is 35.2 Å². The predicted molar refractivity (Wildman–Crippen MR) is 150 cm³/mol. The van der Waals surface area contributed by atoms with Gasteiger partial charge in [0.1, 0.15) is 4.32 Å². The molecule has 1 aromatic carbocycles. The van der Waals surface area contributed by atoms with Crippen molar-refractivity contribution in [3.05, 3.63) is 50.7 Å². The molecule has 2 heterocycles. The van der Waals surface area contributed by atoms with E-state index in [9.17, 15) is 4.79 Å². The summed E-state index contributed by atoms with van der Waals surface area (Å²) in [6, 6.07) is 10.5. The van der Waals surface area contributed by atoms with E-state index in [-0.39, 0.29) is 5.91 Å². The molecule has 5 rings (SSSR count). The second-order valence-corrected chi connectivity index (χ2v) is 13.0. The molecular formula is C26H28Cl2N2OS3. The van der Waals surface area contributed by atoms with Crippen LogP contribution < -0.4 is 4.84 Å². The molecule has 180 valence electrons. The molecule has 1 aliphatic heterocycles. The van der Waals surface area contributed by atoms with E-state index in [0.717, 1.165) is 69.3 Å². The molecule has 1 N–H and O–H groups in total. The Morgan fingerprint density at radius 3 is 2.68 bits per heavy atom. The van der Waals surface area contributed by atoms with Crippen molar-refractivity contribution in [3.8, 4) is 10.4 Å². The fraction of sp³-hybridized carbons (Fsp3) is 0.462. The number of hydrogen-bond donors (Lipinski definition) is 1. The van der Waals surface area contributed by atoms with E-state index < -0.39 is 0 Å². The second-order valence-electron chi connectivity index (χ2n) is 9.50. The number of carbonyl (C=O) groups excluding carboxylic acids is 1. The third-order valence-corrected chi connectivity index (χ3v) is 10.3. The first kappa shape index (κ1) is 24.8. The monoisotopic (exact) mass is 550 g/mol. The van der Waals surface area contributed by atoms with Crippen LogP contribution in [0, 0.1) is 11.8 Å². The number of fused-ring (bicyclic) bond motifs is 2. The molecule has 2 aliphatic carbocycles. The van der Waals surface area contributed by atoms with E-state index in [2.05, 4.69) is 29.1 Å². The first-order chi connectivity index (χ1) is 16.5. The first-order valence-electron chi connectivity index (χ1n) is 12.0. The maximum absolute atomic E-state index is 13.5. The summed E-state index contributed by atoms with van der Waals surface area (Å²) >= 11 is 20.6. The molecule has 0 radical (unpaired) electrons. The highest BCUT2D eigenvalue weighted by Gasteiger charge is 2.48. The van der Waals surface area contributed by atoms with E-state index in [1.807, 2.05) is 17.0 Å². The maximum Gasteiger partial charge on any atom is 0.266 e. The normalized spacial score (nSPS) is 25.3. The number of thioether (sulfide) groups is 1. The molecule has 3 fully saturated rings. The largest absolute Gasteiger partial charge is 0.289 e. The molecule has 1 aromatic heterocycles. The molecule has 3 aliphatic rings. The van der Waals surface area contributed by atoms with Crippen molar-refractivity contribution >= 4 is 75.0 Å². The molecule has 1 amide bonds. The minimum atomic E-state index is 0.105. The zero-order chi connectivity index (χ0) is 23.7. The van der Waals surface area contributed by atoms with Gasteiger partial charge in [0.15, 0.2) is 0 Å². The maximum atomic E-state index is 13.5. The van der Waals surface area contributed by atoms with Crippen LogP contribution in [0.2, 0.25) is 5.02 Å². The van der Waals surface area contributed by atoms with Crippen molar-refractivity contribution < 1.29 is 4.79 Å². The highest BCUT2D eigenvalue weighted by atomic mass is 35.5. The van der Waals surface area contributed by atoms with Gasteiger partial charge in [0.2, 0.25) is 0 Å². The van der Waals surface area contributed by atoms with E-state index in [1.54, 1.807) is 11.3 Å². The number of benzene rings is 1. The minimum absolute atomic E-state index is 0.105. The summed E-state index contributed by atoms with van der Waals surface area (Å²) in [5.74, 6) is 1.51. The lowest BCUT2D eigenvalue weighted by atomic mass is 9.94. The number of thiocarbonyl (C=S) groups is 1. The quantitative estimate of drug-likeness (QED) is 0.149. The lowest BCUT2D eigenvalue weighted by Crippen LogP contribution is -2.41. The summed E-state index contributed by atoms with van der Waals surface area (Å²) in [6.07, 6.45) is 11.3. The molecule has 3 atom stereocenters. The van der Waals surface area contributed by atoms with E-state index in [1.165, 1.54) is 41.5 Å². The molecule has 8 heteroatoms. The van der Waals surface area contributed by atoms with Gasteiger partial charge in [0.25, 0.3) is 5.91 Å². The van der Waals surface area contributed by atoms with E-state index >= 15 is 0 Å². The molecule has 34 heavy (non-hydrogen) atoms. The Labute approximate surface area is 225 Å². The Morgan fingerprint density at radius 1 is 1.15 bits per heavy atom. The number of hydrogen-bond acceptors (Lipinski definition) is 5. The first-order valence-corrected chi connectivity index (χ1v) is 14.8. The van der Waals surface area contributed by atoms with Crippen molar-refractivity contribution in [1.82, 2.24) is 9.74 Å². The molecule has 3 nitrogen and oxygen atoms in total. The SMILES string of the molecule is O=C1/C(=C/c2sc(-c3ccc(Cl)cc3)cc2CCCCCNCl)SC(=S)N1C1CC2CCC1C2. The van der Waals surface area contributed by atoms with Crippen molar-refractivity contribution in [2.75, 3.05) is 6.54 Å². The second kappa shape index (κ2) is 11.0. The van der Waals surface area contributed by atoms with Gasteiger partial charge in [-0.2, -0.15) is 0 Å². The average molecular weight is 552 g/mol. The Morgan fingerprint density at radius 2 is 1.97 bits per heavy atom. The van der Waals surface area contributed by atoms with Crippen LogP contribution >= 0.6 is 58.7 Å². The molecule has 3 unspecified atom stereocenters. The van der Waals surface area contributed by atoms with Gasteiger partial charge in [-0.05, 0) is 97.5 Å². The zero-order valence-electron chi connectivity index (χ0n) is 18.9. The van der Waals surface area contributed by atoms with Gasteiger partial charge < -0.3 is 0 Å². The lowest BCUT2D eigenvalue weighted by molar-refractivity contribution is -0.124. The van der Waals surface area contributed by atoms with Crippen molar-refractivity contribution in [2.45, 2.75) is 57.4 Å². The molecule has 0 spiro atoms. The number of carbonyl (C=O) groups is 1. The molecular weight excluding hydrogens is 523 g/mol. The van der Waals surface area contributed by atoms with Gasteiger partial charge in [0.05, 0.1) is 4.91 Å². The van der Waals surface area contributed by atoms with Crippen molar-refractivity contribution in [2.24, 2.45) is 11.8 Å². The number of rotatable bonds is 9. The summed E-state index contributed by atoms with van der Waals surface area (Å²) < 4.78 is 0.735. The van der Waals surface area contributed by atoms with Gasteiger partial charge >= 0.3 is 0 Å². The van der Waals surface area contributed by atoms with Crippen LogP contribution in [0.5, 0.6) is 0 Å². The number of halogens is 2. The highest BCUT2D eigenvalue weighted by Crippen LogP contribution is 2.49. The summed E-state index contributed by atoms with van der Waals surface area (Å²) in [7, 11) is 0. The number of amides is 1. The van der Waals surface area contributed by atoms with Gasteiger partial charge in [-0.1, -0.05) is 60.6 Å². The number of unbranched alkanes of at least 4 members (excludes halogenated alkanes) is 2. The average Bonchev–Trinajstić information content (AvgIpc) is 3.59. The Balaban J connectivity index is 1.39.